The molecule has 1 rings (SSSR count). The van der Waals surface area contributed by atoms with E-state index in [0.717, 1.165) is 5.56 Å². The highest BCUT2D eigenvalue weighted by Crippen LogP contribution is 2.16. The second-order valence-electron chi connectivity index (χ2n) is 3.78. The van der Waals surface area contributed by atoms with Crippen molar-refractivity contribution in [3.63, 3.8) is 0 Å². The summed E-state index contributed by atoms with van der Waals surface area (Å²) in [5.74, 6) is -0.345. The van der Waals surface area contributed by atoms with E-state index >= 15 is 0 Å². The highest BCUT2D eigenvalue weighted by Gasteiger charge is 2.20. The Morgan fingerprint density at radius 2 is 2.00 bits per heavy atom. The Balaban J connectivity index is 2.84. The number of hydrogen-bond acceptors (Lipinski definition) is 2. The van der Waals surface area contributed by atoms with Gasteiger partial charge in [0.1, 0.15) is 5.60 Å². The van der Waals surface area contributed by atoms with Crippen molar-refractivity contribution in [2.75, 3.05) is 0 Å². The van der Waals surface area contributed by atoms with E-state index in [1.54, 1.807) is 18.2 Å². The molecule has 1 aromatic carbocycles. The Morgan fingerprint density at radius 1 is 1.40 bits per heavy atom. The molecule has 0 saturated carbocycles. The first kappa shape index (κ1) is 12.0. The van der Waals surface area contributed by atoms with Gasteiger partial charge in [-0.25, -0.2) is 0 Å². The van der Waals surface area contributed by atoms with Crippen LogP contribution in [-0.4, -0.2) is 16.5 Å². The van der Waals surface area contributed by atoms with Crippen LogP contribution in [-0.2, 0) is 4.79 Å². The number of hydrogen-bond donors (Lipinski definition) is 1. The van der Waals surface area contributed by atoms with Gasteiger partial charge in [-0.15, -0.1) is 0 Å². The number of ketones is 1. The monoisotopic (exact) mass is 224 g/mol. The molecule has 0 spiro atoms. The summed E-state index contributed by atoms with van der Waals surface area (Å²) in [6.07, 6.45) is 2.93. The molecule has 1 N–H and O–H groups in total. The van der Waals surface area contributed by atoms with Crippen molar-refractivity contribution in [1.82, 2.24) is 0 Å². The van der Waals surface area contributed by atoms with E-state index in [1.165, 1.54) is 19.9 Å². The van der Waals surface area contributed by atoms with Crippen LogP contribution in [0.5, 0.6) is 0 Å². The Labute approximate surface area is 94.2 Å². The summed E-state index contributed by atoms with van der Waals surface area (Å²) in [4.78, 5) is 11.4. The van der Waals surface area contributed by atoms with Crippen LogP contribution in [0.15, 0.2) is 30.3 Å². The van der Waals surface area contributed by atoms with Crippen LogP contribution in [0.3, 0.4) is 0 Å². The third kappa shape index (κ3) is 3.50. The Morgan fingerprint density at radius 3 is 2.53 bits per heavy atom. The second-order valence-corrected chi connectivity index (χ2v) is 4.19. The van der Waals surface area contributed by atoms with Gasteiger partial charge in [0.2, 0.25) is 0 Å². The van der Waals surface area contributed by atoms with Gasteiger partial charge in [-0.2, -0.15) is 0 Å². The van der Waals surface area contributed by atoms with E-state index in [1.807, 2.05) is 12.1 Å². The number of aliphatic hydroxyl groups is 1. The molecule has 0 radical (unpaired) electrons. The lowest BCUT2D eigenvalue weighted by Crippen LogP contribution is -2.29. The summed E-state index contributed by atoms with van der Waals surface area (Å²) in [5.41, 5.74) is -0.575. The lowest BCUT2D eigenvalue weighted by atomic mass is 10.0. The van der Waals surface area contributed by atoms with Crippen LogP contribution in [0.25, 0.3) is 6.08 Å². The van der Waals surface area contributed by atoms with Gasteiger partial charge in [0, 0.05) is 5.02 Å². The lowest BCUT2D eigenvalue weighted by molar-refractivity contribution is -0.128. The summed E-state index contributed by atoms with van der Waals surface area (Å²) in [5, 5.41) is 9.98. The quantitative estimate of drug-likeness (QED) is 0.802. The standard InChI is InChI=1S/C12H13ClO2/c1-12(2,15)11(14)8-7-9-5-3-4-6-10(9)13/h3-8,15H,1-2H3. The molecule has 2 nitrogen and oxygen atoms in total. The topological polar surface area (TPSA) is 37.3 Å². The molecule has 0 aliphatic carbocycles. The van der Waals surface area contributed by atoms with E-state index in [2.05, 4.69) is 0 Å². The van der Waals surface area contributed by atoms with Crippen molar-refractivity contribution in [3.8, 4) is 0 Å². The van der Waals surface area contributed by atoms with Gasteiger partial charge in [-0.3, -0.25) is 4.79 Å². The van der Waals surface area contributed by atoms with Crippen molar-refractivity contribution in [1.29, 1.82) is 0 Å². The SMILES string of the molecule is CC(C)(O)C(=O)C=Cc1ccccc1Cl. The van der Waals surface area contributed by atoms with Crippen molar-refractivity contribution in [3.05, 3.63) is 40.9 Å². The number of benzene rings is 1. The molecule has 0 heterocycles. The van der Waals surface area contributed by atoms with Gasteiger partial charge in [-0.1, -0.05) is 29.8 Å². The molecule has 1 aromatic rings. The maximum Gasteiger partial charge on any atom is 0.186 e. The summed E-state index contributed by atoms with van der Waals surface area (Å²) >= 11 is 5.90. The van der Waals surface area contributed by atoms with Gasteiger partial charge in [0.15, 0.2) is 5.78 Å². The zero-order valence-electron chi connectivity index (χ0n) is 8.70. The molecule has 0 bridgehead atoms. The van der Waals surface area contributed by atoms with E-state index in [9.17, 15) is 9.90 Å². The molecule has 0 unspecified atom stereocenters. The first-order valence-corrected chi connectivity index (χ1v) is 4.98. The fourth-order valence-corrected chi connectivity index (χ4v) is 1.18. The normalized spacial score (nSPS) is 12.0. The zero-order chi connectivity index (χ0) is 11.5. The Hall–Kier alpha value is -1.12. The Bertz CT molecular complexity index is 389. The van der Waals surface area contributed by atoms with Gasteiger partial charge >= 0.3 is 0 Å². The molecule has 0 aromatic heterocycles. The maximum atomic E-state index is 11.4. The average Bonchev–Trinajstić information content (AvgIpc) is 2.14. The molecule has 3 heteroatoms. The van der Waals surface area contributed by atoms with Gasteiger partial charge < -0.3 is 5.11 Å². The van der Waals surface area contributed by atoms with E-state index in [-0.39, 0.29) is 5.78 Å². The molecule has 0 amide bonds. The first-order chi connectivity index (χ1) is 6.91. The summed E-state index contributed by atoms with van der Waals surface area (Å²) in [6.45, 7) is 2.90. The minimum absolute atomic E-state index is 0.345. The Kier molecular flexibility index (Phi) is 3.66. The average molecular weight is 225 g/mol. The predicted octanol–water partition coefficient (Wildman–Crippen LogP) is 2.69. The zero-order valence-corrected chi connectivity index (χ0v) is 9.45. The minimum Gasteiger partial charge on any atom is -0.382 e. The van der Waals surface area contributed by atoms with Gasteiger partial charge in [-0.05, 0) is 37.6 Å². The molecule has 0 saturated heterocycles. The predicted molar refractivity (Wildman–Crippen MR) is 61.8 cm³/mol. The number of rotatable bonds is 3. The fraction of sp³-hybridized carbons (Fsp3) is 0.250. The maximum absolute atomic E-state index is 11.4. The van der Waals surface area contributed by atoms with Crippen molar-refractivity contribution in [2.24, 2.45) is 0 Å². The summed E-state index contributed by atoms with van der Waals surface area (Å²) < 4.78 is 0. The second kappa shape index (κ2) is 4.60. The largest absolute Gasteiger partial charge is 0.382 e. The van der Waals surface area contributed by atoms with E-state index in [4.69, 9.17) is 11.6 Å². The summed E-state index contributed by atoms with van der Waals surface area (Å²) in [7, 11) is 0. The van der Waals surface area contributed by atoms with E-state index < -0.39 is 5.60 Å². The van der Waals surface area contributed by atoms with Crippen LogP contribution in [0.4, 0.5) is 0 Å². The lowest BCUT2D eigenvalue weighted by Gasteiger charge is -2.11. The van der Waals surface area contributed by atoms with Gasteiger partial charge in [0.25, 0.3) is 0 Å². The van der Waals surface area contributed by atoms with Crippen LogP contribution in [0.1, 0.15) is 19.4 Å². The molecule has 0 aliphatic heterocycles. The smallest absolute Gasteiger partial charge is 0.186 e. The van der Waals surface area contributed by atoms with Crippen LogP contribution in [0, 0.1) is 0 Å². The number of carbonyl (C=O) groups excluding carboxylic acids is 1. The van der Waals surface area contributed by atoms with Crippen molar-refractivity contribution >= 4 is 23.5 Å². The number of carbonyl (C=O) groups is 1. The minimum atomic E-state index is -1.34. The fourth-order valence-electron chi connectivity index (χ4n) is 0.980. The molecule has 0 atom stereocenters. The highest BCUT2D eigenvalue weighted by molar-refractivity contribution is 6.32. The van der Waals surface area contributed by atoms with E-state index in [0.29, 0.717) is 5.02 Å². The highest BCUT2D eigenvalue weighted by atomic mass is 35.5. The molecular formula is C12H13ClO2. The molecule has 0 aliphatic rings. The molecule has 80 valence electrons. The van der Waals surface area contributed by atoms with Crippen molar-refractivity contribution in [2.45, 2.75) is 19.4 Å². The van der Waals surface area contributed by atoms with Gasteiger partial charge in [0.05, 0.1) is 0 Å². The first-order valence-electron chi connectivity index (χ1n) is 4.60. The summed E-state index contributed by atoms with van der Waals surface area (Å²) in [6, 6.07) is 7.20. The van der Waals surface area contributed by atoms with Crippen LogP contribution in [0.2, 0.25) is 5.02 Å². The third-order valence-electron chi connectivity index (χ3n) is 1.92. The third-order valence-corrected chi connectivity index (χ3v) is 2.27. The van der Waals surface area contributed by atoms with Crippen LogP contribution >= 0.6 is 11.6 Å². The molecule has 0 fully saturated rings. The van der Waals surface area contributed by atoms with Crippen molar-refractivity contribution < 1.29 is 9.90 Å². The number of halogens is 1. The molecule has 15 heavy (non-hydrogen) atoms. The molecular weight excluding hydrogens is 212 g/mol. The van der Waals surface area contributed by atoms with Crippen LogP contribution < -0.4 is 0 Å².